The topological polar surface area (TPSA) is 118 Å². The van der Waals surface area contributed by atoms with E-state index in [1.807, 2.05) is 49.2 Å². The first-order chi connectivity index (χ1) is 16.9. The van der Waals surface area contributed by atoms with Gasteiger partial charge in [-0.3, -0.25) is 4.98 Å². The molecule has 2 heterocycles. The highest BCUT2D eigenvalue weighted by atomic mass is 35.5. The van der Waals surface area contributed by atoms with Gasteiger partial charge in [0, 0.05) is 31.0 Å². The molecule has 182 valence electrons. The van der Waals surface area contributed by atoms with Gasteiger partial charge in [-0.15, -0.1) is 0 Å². The third-order valence-electron chi connectivity index (χ3n) is 5.33. The molecule has 0 aliphatic carbocycles. The zero-order chi connectivity index (χ0) is 24.9. The van der Waals surface area contributed by atoms with Crippen LogP contribution in [0.2, 0.25) is 5.02 Å². The lowest BCUT2D eigenvalue weighted by Crippen LogP contribution is -2.21. The summed E-state index contributed by atoms with van der Waals surface area (Å²) >= 11 is 6.43. The monoisotopic (exact) mass is 494 g/mol. The summed E-state index contributed by atoms with van der Waals surface area (Å²) in [5.41, 5.74) is 9.97. The molecular formula is C25H27ClN6O3. The molecule has 10 heteroatoms. The van der Waals surface area contributed by atoms with Crippen LogP contribution in [-0.2, 0) is 4.74 Å². The number of nitrogens with one attached hydrogen (secondary N) is 1. The minimum absolute atomic E-state index is 0.0682. The average Bonchev–Trinajstić information content (AvgIpc) is 3.21. The Morgan fingerprint density at radius 2 is 2.06 bits per heavy atom. The fourth-order valence-corrected chi connectivity index (χ4v) is 3.71. The summed E-state index contributed by atoms with van der Waals surface area (Å²) in [4.78, 5) is 15.2. The first kappa shape index (κ1) is 24.3. The maximum atomic E-state index is 9.35. The van der Waals surface area contributed by atoms with Gasteiger partial charge in [0.25, 0.3) is 6.02 Å². The molecule has 4 rings (SSSR count). The minimum atomic E-state index is -0.291. The zero-order valence-corrected chi connectivity index (χ0v) is 20.5. The number of amidine groups is 2. The second kappa shape index (κ2) is 10.6. The van der Waals surface area contributed by atoms with Gasteiger partial charge in [0.1, 0.15) is 23.4 Å². The summed E-state index contributed by atoms with van der Waals surface area (Å²) in [6.45, 7) is 2.41. The summed E-state index contributed by atoms with van der Waals surface area (Å²) in [5.74, 6) is 1.37. The third-order valence-corrected chi connectivity index (χ3v) is 5.63. The number of ether oxygens (including phenoxy) is 2. The Kier molecular flexibility index (Phi) is 7.38. The normalized spacial score (nSPS) is 16.9. The second-order valence-corrected chi connectivity index (χ2v) is 8.43. The zero-order valence-electron chi connectivity index (χ0n) is 19.7. The van der Waals surface area contributed by atoms with Crippen molar-refractivity contribution in [2.75, 3.05) is 32.6 Å². The molecule has 0 radical (unpaired) electrons. The largest absolute Gasteiger partial charge is 0.457 e. The van der Waals surface area contributed by atoms with E-state index in [-0.39, 0.29) is 18.5 Å². The van der Waals surface area contributed by atoms with Gasteiger partial charge in [0.2, 0.25) is 0 Å². The Morgan fingerprint density at radius 3 is 2.71 bits per heavy atom. The summed E-state index contributed by atoms with van der Waals surface area (Å²) in [5, 5.41) is 12.9. The number of hydrogen-bond acceptors (Lipinski definition) is 7. The van der Waals surface area contributed by atoms with E-state index in [9.17, 15) is 5.11 Å². The summed E-state index contributed by atoms with van der Waals surface area (Å²) in [6, 6.07) is 14.9. The van der Waals surface area contributed by atoms with E-state index >= 15 is 0 Å². The molecular weight excluding hydrogens is 468 g/mol. The molecule has 35 heavy (non-hydrogen) atoms. The van der Waals surface area contributed by atoms with Crippen molar-refractivity contribution in [3.63, 3.8) is 0 Å². The maximum absolute atomic E-state index is 9.35. The molecule has 0 spiro atoms. The molecule has 3 aromatic rings. The van der Waals surface area contributed by atoms with Gasteiger partial charge in [0.15, 0.2) is 0 Å². The first-order valence-corrected chi connectivity index (χ1v) is 11.4. The molecule has 0 saturated carbocycles. The highest BCUT2D eigenvalue weighted by molar-refractivity contribution is 6.32. The predicted octanol–water partition coefficient (Wildman–Crippen LogP) is 4.22. The molecule has 0 amide bonds. The lowest BCUT2D eigenvalue weighted by molar-refractivity contribution is 0.132. The number of anilines is 1. The Morgan fingerprint density at radius 1 is 1.26 bits per heavy atom. The number of hydrogen-bond donors (Lipinski definition) is 3. The number of nitrogens with two attached hydrogens (primary N) is 1. The van der Waals surface area contributed by atoms with E-state index in [0.29, 0.717) is 46.0 Å². The van der Waals surface area contributed by atoms with Gasteiger partial charge in [-0.2, -0.15) is 4.99 Å². The minimum Gasteiger partial charge on any atom is -0.457 e. The van der Waals surface area contributed by atoms with E-state index in [2.05, 4.69) is 20.3 Å². The van der Waals surface area contributed by atoms with Crippen LogP contribution in [0.25, 0.3) is 0 Å². The number of aryl methyl sites for hydroxylation is 1. The number of aromatic nitrogens is 1. The quantitative estimate of drug-likeness (QED) is 0.332. The molecule has 1 aliphatic rings. The highest BCUT2D eigenvalue weighted by Crippen LogP contribution is 2.33. The standard InChI is InChI=1S/C25H27ClN6O3/c1-15-4-7-18(12-29-15)34-23-9-6-17(11-21(23)26)30-24(27)20-10-16(5-8-22(20)28-2)31-25-32(3)13-19(14-33)35-25/h4-12,19,28,33H,13-14H2,1-3H3,(H2,27,30). The molecule has 0 bridgehead atoms. The number of rotatable bonds is 7. The van der Waals surface area contributed by atoms with Crippen LogP contribution in [0.1, 0.15) is 11.3 Å². The van der Waals surface area contributed by atoms with Crippen molar-refractivity contribution in [1.82, 2.24) is 9.88 Å². The number of halogens is 1. The number of benzene rings is 2. The van der Waals surface area contributed by atoms with E-state index in [4.69, 9.17) is 26.8 Å². The van der Waals surface area contributed by atoms with Crippen molar-refractivity contribution in [2.45, 2.75) is 13.0 Å². The SMILES string of the molecule is CNc1ccc(N=C2OC(CO)CN2C)cc1C(N)=Nc1ccc(Oc2ccc(C)nc2)c(Cl)c1. The Bertz CT molecular complexity index is 1260. The summed E-state index contributed by atoms with van der Waals surface area (Å²) in [6.07, 6.45) is 1.35. The highest BCUT2D eigenvalue weighted by Gasteiger charge is 2.26. The van der Waals surface area contributed by atoms with Crippen molar-refractivity contribution in [1.29, 1.82) is 0 Å². The van der Waals surface area contributed by atoms with Gasteiger partial charge >= 0.3 is 0 Å². The van der Waals surface area contributed by atoms with E-state index in [1.54, 1.807) is 31.4 Å². The number of likely N-dealkylation sites (N-methyl/N-ethyl adjacent to an activating group) is 1. The number of aliphatic hydroxyl groups excluding tert-OH is 1. The molecule has 2 aromatic carbocycles. The van der Waals surface area contributed by atoms with Crippen LogP contribution in [0.15, 0.2) is 64.7 Å². The van der Waals surface area contributed by atoms with Gasteiger partial charge in [-0.25, -0.2) is 4.99 Å². The second-order valence-electron chi connectivity index (χ2n) is 8.03. The van der Waals surface area contributed by atoms with Crippen LogP contribution in [0.4, 0.5) is 17.1 Å². The molecule has 1 aromatic heterocycles. The molecule has 1 saturated heterocycles. The molecule has 1 atom stereocenters. The smallest absolute Gasteiger partial charge is 0.292 e. The van der Waals surface area contributed by atoms with Crippen molar-refractivity contribution >= 4 is 40.5 Å². The lowest BCUT2D eigenvalue weighted by atomic mass is 10.1. The van der Waals surface area contributed by atoms with Crippen molar-refractivity contribution in [3.05, 3.63) is 71.0 Å². The third kappa shape index (κ3) is 5.82. The van der Waals surface area contributed by atoms with E-state index < -0.39 is 0 Å². The van der Waals surface area contributed by atoms with Crippen LogP contribution >= 0.6 is 11.6 Å². The molecule has 1 aliphatic heterocycles. The van der Waals surface area contributed by atoms with E-state index in [0.717, 1.165) is 11.4 Å². The number of pyridine rings is 1. The van der Waals surface area contributed by atoms with Crippen molar-refractivity contribution < 1.29 is 14.6 Å². The maximum Gasteiger partial charge on any atom is 0.292 e. The van der Waals surface area contributed by atoms with Crippen LogP contribution in [0.3, 0.4) is 0 Å². The van der Waals surface area contributed by atoms with Crippen LogP contribution in [0.5, 0.6) is 11.5 Å². The Labute approximate surface area is 208 Å². The molecule has 1 fully saturated rings. The number of nitrogens with zero attached hydrogens (tertiary/aromatic N) is 4. The van der Waals surface area contributed by atoms with Crippen molar-refractivity contribution in [3.8, 4) is 11.5 Å². The predicted molar refractivity (Wildman–Crippen MR) is 139 cm³/mol. The van der Waals surface area contributed by atoms with Gasteiger partial charge < -0.3 is 30.5 Å². The summed E-state index contributed by atoms with van der Waals surface area (Å²) in [7, 11) is 3.67. The van der Waals surface area contributed by atoms with E-state index in [1.165, 1.54) is 0 Å². The van der Waals surface area contributed by atoms with Crippen LogP contribution in [0, 0.1) is 6.92 Å². The Balaban J connectivity index is 1.58. The summed E-state index contributed by atoms with van der Waals surface area (Å²) < 4.78 is 11.5. The van der Waals surface area contributed by atoms with Crippen molar-refractivity contribution in [2.24, 2.45) is 15.7 Å². The fourth-order valence-electron chi connectivity index (χ4n) is 3.49. The molecule has 9 nitrogen and oxygen atoms in total. The van der Waals surface area contributed by atoms with Gasteiger partial charge in [-0.05, 0) is 55.5 Å². The fraction of sp³-hybridized carbons (Fsp3) is 0.240. The first-order valence-electron chi connectivity index (χ1n) is 11.0. The number of aliphatic imine (C=N–C) groups is 2. The Hall–Kier alpha value is -3.82. The molecule has 1 unspecified atom stereocenters. The number of aliphatic hydroxyl groups is 1. The van der Waals surface area contributed by atoms with Gasteiger partial charge in [0.05, 0.1) is 35.7 Å². The average molecular weight is 495 g/mol. The van der Waals surface area contributed by atoms with Gasteiger partial charge in [-0.1, -0.05) is 11.6 Å². The molecule has 4 N–H and O–H groups in total. The lowest BCUT2D eigenvalue weighted by Gasteiger charge is -2.12. The van der Waals surface area contributed by atoms with Crippen LogP contribution < -0.4 is 15.8 Å². The van der Waals surface area contributed by atoms with Crippen LogP contribution in [-0.4, -0.2) is 60.2 Å².